The second kappa shape index (κ2) is 3.07. The zero-order chi connectivity index (χ0) is 12.7. The molecule has 0 N–H and O–H groups in total. The van der Waals surface area contributed by atoms with Crippen molar-refractivity contribution >= 4 is 5.78 Å². The highest BCUT2D eigenvalue weighted by Crippen LogP contribution is 2.61. The maximum atomic E-state index is 12.2. The topological polar surface area (TPSA) is 35.5 Å². The molecule has 5 aliphatic rings. The van der Waals surface area contributed by atoms with Gasteiger partial charge in [0.25, 0.3) is 0 Å². The van der Waals surface area contributed by atoms with Crippen LogP contribution in [0.3, 0.4) is 0 Å². The van der Waals surface area contributed by atoms with Crippen LogP contribution in [0.4, 0.5) is 0 Å². The first-order valence-electron chi connectivity index (χ1n) is 7.00. The quantitative estimate of drug-likeness (QED) is 0.617. The van der Waals surface area contributed by atoms with Gasteiger partial charge in [0.1, 0.15) is 5.78 Å². The smallest absolute Gasteiger partial charge is 0.163 e. The molecule has 18 heavy (non-hydrogen) atoms. The average molecular weight is 248 g/mol. The third-order valence-electron chi connectivity index (χ3n) is 5.46. The van der Waals surface area contributed by atoms with E-state index in [1.54, 1.807) is 0 Å². The molecule has 98 valence electrons. The van der Waals surface area contributed by atoms with Gasteiger partial charge in [-0.3, -0.25) is 4.79 Å². The Kier molecular flexibility index (Phi) is 1.91. The van der Waals surface area contributed by atoms with E-state index >= 15 is 0 Å². The fraction of sp³-hybridized carbons (Fsp3) is 0.800. The number of rotatable bonds is 0. The number of Topliss-reactive ketones (excluding diaryl/α,β-unsaturated/α-hetero) is 1. The Morgan fingerprint density at radius 2 is 2.06 bits per heavy atom. The first-order chi connectivity index (χ1) is 8.42. The minimum Gasteiger partial charge on any atom is -0.344 e. The third-order valence-corrected chi connectivity index (χ3v) is 5.46. The summed E-state index contributed by atoms with van der Waals surface area (Å²) >= 11 is 0. The molecule has 3 heteroatoms. The molecule has 5 rings (SSSR count). The normalized spacial score (nSPS) is 55.7. The van der Waals surface area contributed by atoms with Crippen molar-refractivity contribution in [1.29, 1.82) is 0 Å². The van der Waals surface area contributed by atoms with Gasteiger partial charge in [0.15, 0.2) is 5.79 Å². The Balaban J connectivity index is 1.82. The standard InChI is InChI=1S/C15H20O3/c1-14(2)17-12-9-6-7-15(3,13(12)18-14)11-8(9)4-5-10(11)16/h6-9,11-13H,4-5H2,1-3H3/t8-,9+,11+,12-,13-,15-/m0/s1. The van der Waals surface area contributed by atoms with Gasteiger partial charge in [0.05, 0.1) is 12.2 Å². The highest BCUT2D eigenvalue weighted by Gasteiger charge is 2.66. The molecule has 4 aliphatic carbocycles. The summed E-state index contributed by atoms with van der Waals surface area (Å²) in [5.74, 6) is 0.930. The molecule has 3 nitrogen and oxygen atoms in total. The number of carbonyl (C=O) groups is 1. The van der Waals surface area contributed by atoms with Gasteiger partial charge in [-0.2, -0.15) is 0 Å². The van der Waals surface area contributed by atoms with Gasteiger partial charge in [-0.05, 0) is 26.2 Å². The summed E-state index contributed by atoms with van der Waals surface area (Å²) in [5, 5.41) is 0. The van der Waals surface area contributed by atoms with E-state index in [2.05, 4.69) is 19.1 Å². The molecule has 0 aromatic heterocycles. The van der Waals surface area contributed by atoms with Crippen LogP contribution in [0.2, 0.25) is 0 Å². The van der Waals surface area contributed by atoms with Crippen molar-refractivity contribution in [2.24, 2.45) is 23.2 Å². The van der Waals surface area contributed by atoms with Crippen LogP contribution < -0.4 is 0 Å². The Hall–Kier alpha value is -0.670. The third kappa shape index (κ3) is 1.15. The number of carbonyl (C=O) groups excluding carboxylic acids is 1. The molecule has 1 aliphatic heterocycles. The monoisotopic (exact) mass is 248 g/mol. The van der Waals surface area contributed by atoms with E-state index in [4.69, 9.17) is 9.47 Å². The number of hydrogen-bond acceptors (Lipinski definition) is 3. The summed E-state index contributed by atoms with van der Waals surface area (Å²) in [5.41, 5.74) is -0.161. The van der Waals surface area contributed by atoms with Gasteiger partial charge in [-0.1, -0.05) is 19.1 Å². The van der Waals surface area contributed by atoms with Crippen LogP contribution in [0.1, 0.15) is 33.6 Å². The van der Waals surface area contributed by atoms with Gasteiger partial charge in [0.2, 0.25) is 0 Å². The van der Waals surface area contributed by atoms with Crippen molar-refractivity contribution in [3.8, 4) is 0 Å². The lowest BCUT2D eigenvalue weighted by Crippen LogP contribution is -2.58. The van der Waals surface area contributed by atoms with Crippen molar-refractivity contribution in [3.05, 3.63) is 12.2 Å². The van der Waals surface area contributed by atoms with E-state index in [1.165, 1.54) is 0 Å². The second-order valence-electron chi connectivity index (χ2n) is 6.97. The van der Waals surface area contributed by atoms with Gasteiger partial charge < -0.3 is 9.47 Å². The highest BCUT2D eigenvalue weighted by atomic mass is 16.8. The molecular formula is C15H20O3. The molecule has 0 radical (unpaired) electrons. The minimum absolute atomic E-state index is 0.0470. The summed E-state index contributed by atoms with van der Waals surface area (Å²) in [6.45, 7) is 6.14. The molecule has 0 spiro atoms. The van der Waals surface area contributed by atoms with E-state index in [-0.39, 0.29) is 23.5 Å². The lowest BCUT2D eigenvalue weighted by Gasteiger charge is -2.53. The molecule has 1 saturated heterocycles. The van der Waals surface area contributed by atoms with Crippen molar-refractivity contribution in [2.75, 3.05) is 0 Å². The Labute approximate surface area is 108 Å². The van der Waals surface area contributed by atoms with Crippen molar-refractivity contribution in [3.63, 3.8) is 0 Å². The van der Waals surface area contributed by atoms with Crippen molar-refractivity contribution in [2.45, 2.75) is 51.6 Å². The van der Waals surface area contributed by atoms with Gasteiger partial charge >= 0.3 is 0 Å². The second-order valence-corrected chi connectivity index (χ2v) is 6.97. The average Bonchev–Trinajstić information content (AvgIpc) is 2.81. The van der Waals surface area contributed by atoms with Crippen molar-refractivity contribution < 1.29 is 14.3 Å². The molecule has 3 fully saturated rings. The summed E-state index contributed by atoms with van der Waals surface area (Å²) in [6.07, 6.45) is 6.47. The van der Waals surface area contributed by atoms with E-state index in [9.17, 15) is 4.79 Å². The first kappa shape index (κ1) is 11.2. The Bertz CT molecular complexity index is 453. The van der Waals surface area contributed by atoms with Gasteiger partial charge in [0, 0.05) is 23.7 Å². The van der Waals surface area contributed by atoms with E-state index in [0.717, 1.165) is 12.8 Å². The molecular weight excluding hydrogens is 228 g/mol. The maximum absolute atomic E-state index is 12.2. The molecule has 2 bridgehead atoms. The first-order valence-corrected chi connectivity index (χ1v) is 7.00. The molecule has 0 aromatic carbocycles. The van der Waals surface area contributed by atoms with Crippen LogP contribution in [-0.2, 0) is 14.3 Å². The number of ketones is 1. The summed E-state index contributed by atoms with van der Waals surface area (Å²) in [7, 11) is 0. The summed E-state index contributed by atoms with van der Waals surface area (Å²) in [4.78, 5) is 12.2. The summed E-state index contributed by atoms with van der Waals surface area (Å²) in [6, 6.07) is 0. The lowest BCUT2D eigenvalue weighted by atomic mass is 9.53. The molecule has 2 saturated carbocycles. The molecule has 6 atom stereocenters. The fourth-order valence-electron chi connectivity index (χ4n) is 4.83. The maximum Gasteiger partial charge on any atom is 0.163 e. The van der Waals surface area contributed by atoms with E-state index < -0.39 is 5.79 Å². The SMILES string of the molecule is CC1(C)O[C@H]2[C@@H]3C=C[C@](C)([C@H]2O1)[C@H]1C(=O)CC[C@@H]31. The number of ether oxygens (including phenoxy) is 2. The zero-order valence-electron chi connectivity index (χ0n) is 11.2. The molecule has 0 unspecified atom stereocenters. The van der Waals surface area contributed by atoms with Gasteiger partial charge in [-0.25, -0.2) is 0 Å². The highest BCUT2D eigenvalue weighted by molar-refractivity contribution is 5.85. The lowest BCUT2D eigenvalue weighted by molar-refractivity contribution is -0.156. The summed E-state index contributed by atoms with van der Waals surface area (Å²) < 4.78 is 12.2. The van der Waals surface area contributed by atoms with Crippen LogP contribution in [0.15, 0.2) is 12.2 Å². The molecule has 0 amide bonds. The van der Waals surface area contributed by atoms with Crippen LogP contribution >= 0.6 is 0 Å². The van der Waals surface area contributed by atoms with Crippen LogP contribution in [-0.4, -0.2) is 23.8 Å². The Morgan fingerprint density at radius 1 is 1.28 bits per heavy atom. The Morgan fingerprint density at radius 3 is 2.83 bits per heavy atom. The predicted molar refractivity (Wildman–Crippen MR) is 65.8 cm³/mol. The molecule has 0 aromatic rings. The van der Waals surface area contributed by atoms with Crippen molar-refractivity contribution in [1.82, 2.24) is 0 Å². The van der Waals surface area contributed by atoms with Gasteiger partial charge in [-0.15, -0.1) is 0 Å². The molecule has 1 heterocycles. The minimum atomic E-state index is -0.511. The predicted octanol–water partition coefficient (Wildman–Crippen LogP) is 2.31. The van der Waals surface area contributed by atoms with Crippen LogP contribution in [0.25, 0.3) is 0 Å². The van der Waals surface area contributed by atoms with E-state index in [1.807, 2.05) is 13.8 Å². The largest absolute Gasteiger partial charge is 0.344 e. The van der Waals surface area contributed by atoms with E-state index in [0.29, 0.717) is 17.6 Å². The van der Waals surface area contributed by atoms with Crippen LogP contribution in [0.5, 0.6) is 0 Å². The number of hydrogen-bond donors (Lipinski definition) is 0. The zero-order valence-corrected chi connectivity index (χ0v) is 11.2. The van der Waals surface area contributed by atoms with Crippen LogP contribution in [0, 0.1) is 23.2 Å². The fourth-order valence-corrected chi connectivity index (χ4v) is 4.83.